The molecular weight excluding hydrogens is 220 g/mol. The van der Waals surface area contributed by atoms with Crippen LogP contribution in [0.1, 0.15) is 43.2 Å². The third-order valence-corrected chi connectivity index (χ3v) is 4.35. The van der Waals surface area contributed by atoms with E-state index in [1.54, 1.807) is 0 Å². The molecule has 1 aromatic rings. The molecule has 2 heterocycles. The lowest BCUT2D eigenvalue weighted by Gasteiger charge is -2.24. The molecular formula is C16H24N2. The number of benzene rings is 1. The molecule has 0 spiro atoms. The van der Waals surface area contributed by atoms with Crippen LogP contribution < -0.4 is 5.32 Å². The van der Waals surface area contributed by atoms with Crippen LogP contribution in [0.25, 0.3) is 0 Å². The lowest BCUT2D eigenvalue weighted by molar-refractivity contribution is 0.265. The van der Waals surface area contributed by atoms with E-state index in [4.69, 9.17) is 0 Å². The van der Waals surface area contributed by atoms with Gasteiger partial charge < -0.3 is 5.32 Å². The molecule has 2 nitrogen and oxygen atoms in total. The van der Waals surface area contributed by atoms with Crippen molar-refractivity contribution in [2.45, 2.75) is 51.2 Å². The molecule has 2 aliphatic rings. The smallest absolute Gasteiger partial charge is 0.0240 e. The number of nitrogens with one attached hydrogen (secondary N) is 1. The number of hydrogen-bond donors (Lipinski definition) is 1. The van der Waals surface area contributed by atoms with Crippen LogP contribution in [-0.4, -0.2) is 24.0 Å². The van der Waals surface area contributed by atoms with E-state index in [0.717, 1.165) is 19.1 Å². The number of piperidine rings is 1. The van der Waals surface area contributed by atoms with Gasteiger partial charge in [0, 0.05) is 19.1 Å². The normalized spacial score (nSPS) is 24.1. The van der Waals surface area contributed by atoms with Crippen molar-refractivity contribution in [3.63, 3.8) is 0 Å². The largest absolute Gasteiger partial charge is 0.314 e. The number of nitrogens with zero attached hydrogens (tertiary/aromatic N) is 1. The second kappa shape index (κ2) is 5.85. The van der Waals surface area contributed by atoms with Gasteiger partial charge in [-0.3, -0.25) is 4.90 Å². The highest BCUT2D eigenvalue weighted by Gasteiger charge is 2.18. The summed E-state index contributed by atoms with van der Waals surface area (Å²) in [4.78, 5) is 2.59. The lowest BCUT2D eigenvalue weighted by atomic mass is 10.0. The molecule has 0 bridgehead atoms. The second-order valence-corrected chi connectivity index (χ2v) is 5.77. The third kappa shape index (κ3) is 2.93. The number of fused-ring (bicyclic) bond motifs is 1. The molecule has 0 radical (unpaired) electrons. The minimum absolute atomic E-state index is 0.795. The first-order chi connectivity index (χ1) is 8.92. The summed E-state index contributed by atoms with van der Waals surface area (Å²) in [6.07, 6.45) is 6.88. The first-order valence-electron chi connectivity index (χ1n) is 7.44. The van der Waals surface area contributed by atoms with Crippen molar-refractivity contribution < 1.29 is 0 Å². The van der Waals surface area contributed by atoms with Crippen molar-refractivity contribution >= 4 is 0 Å². The summed E-state index contributed by atoms with van der Waals surface area (Å²) in [5, 5.41) is 3.64. The van der Waals surface area contributed by atoms with Gasteiger partial charge in [0.25, 0.3) is 0 Å². The van der Waals surface area contributed by atoms with Crippen LogP contribution in [0.2, 0.25) is 0 Å². The Morgan fingerprint density at radius 2 is 1.89 bits per heavy atom. The molecule has 0 amide bonds. The molecule has 1 fully saturated rings. The molecule has 1 atom stereocenters. The van der Waals surface area contributed by atoms with Gasteiger partial charge in [0.1, 0.15) is 0 Å². The Hall–Kier alpha value is -0.860. The Morgan fingerprint density at radius 3 is 2.56 bits per heavy atom. The monoisotopic (exact) mass is 244 g/mol. The molecule has 3 rings (SSSR count). The quantitative estimate of drug-likeness (QED) is 0.876. The van der Waals surface area contributed by atoms with E-state index < -0.39 is 0 Å². The summed E-state index contributed by atoms with van der Waals surface area (Å²) >= 11 is 0. The van der Waals surface area contributed by atoms with Crippen molar-refractivity contribution in [2.24, 2.45) is 0 Å². The Kier molecular flexibility index (Phi) is 3.96. The Bertz CT molecular complexity index is 357. The molecule has 0 saturated carbocycles. The average Bonchev–Trinajstić information content (AvgIpc) is 2.82. The standard InChI is InChI=1S/C16H24N2/c1-2-7-15-13-18(12-14(15)6-1)11-5-9-16-8-3-4-10-17-16/h1-2,6-7,16-17H,3-5,8-13H2. The summed E-state index contributed by atoms with van der Waals surface area (Å²) in [5.41, 5.74) is 3.07. The first kappa shape index (κ1) is 12.2. The molecule has 1 aromatic carbocycles. The van der Waals surface area contributed by atoms with Gasteiger partial charge in [0.15, 0.2) is 0 Å². The molecule has 1 saturated heterocycles. The minimum atomic E-state index is 0.795. The van der Waals surface area contributed by atoms with Crippen LogP contribution in [0, 0.1) is 0 Å². The predicted molar refractivity (Wildman–Crippen MR) is 75.4 cm³/mol. The van der Waals surface area contributed by atoms with Crippen LogP contribution >= 0.6 is 0 Å². The van der Waals surface area contributed by atoms with Crippen LogP contribution in [0.5, 0.6) is 0 Å². The molecule has 1 N–H and O–H groups in total. The zero-order valence-electron chi connectivity index (χ0n) is 11.2. The molecule has 2 aliphatic heterocycles. The summed E-state index contributed by atoms with van der Waals surface area (Å²) in [6.45, 7) is 4.81. The number of rotatable bonds is 4. The highest BCUT2D eigenvalue weighted by atomic mass is 15.1. The summed E-state index contributed by atoms with van der Waals surface area (Å²) in [6, 6.07) is 9.67. The van der Waals surface area contributed by atoms with Gasteiger partial charge in [-0.25, -0.2) is 0 Å². The van der Waals surface area contributed by atoms with E-state index >= 15 is 0 Å². The summed E-state index contributed by atoms with van der Waals surface area (Å²) in [7, 11) is 0. The maximum absolute atomic E-state index is 3.64. The van der Waals surface area contributed by atoms with Crippen molar-refractivity contribution in [3.8, 4) is 0 Å². The van der Waals surface area contributed by atoms with Crippen molar-refractivity contribution in [1.29, 1.82) is 0 Å². The minimum Gasteiger partial charge on any atom is -0.314 e. The fourth-order valence-electron chi connectivity index (χ4n) is 3.29. The zero-order chi connectivity index (χ0) is 12.2. The van der Waals surface area contributed by atoms with E-state index in [1.165, 1.54) is 56.3 Å². The predicted octanol–water partition coefficient (Wildman–Crippen LogP) is 2.92. The SMILES string of the molecule is c1ccc2c(c1)CN(CCCC1CCCCN1)C2. The third-order valence-electron chi connectivity index (χ3n) is 4.35. The maximum atomic E-state index is 3.64. The van der Waals surface area contributed by atoms with Crippen LogP contribution in [-0.2, 0) is 13.1 Å². The van der Waals surface area contributed by atoms with Crippen molar-refractivity contribution in [2.75, 3.05) is 13.1 Å². The van der Waals surface area contributed by atoms with Crippen LogP contribution in [0.15, 0.2) is 24.3 Å². The maximum Gasteiger partial charge on any atom is 0.0240 e. The molecule has 98 valence electrons. The Morgan fingerprint density at radius 1 is 1.11 bits per heavy atom. The van der Waals surface area contributed by atoms with Crippen molar-refractivity contribution in [3.05, 3.63) is 35.4 Å². The number of hydrogen-bond acceptors (Lipinski definition) is 2. The van der Waals surface area contributed by atoms with Gasteiger partial charge in [-0.05, 0) is 49.9 Å². The Labute approximate surface area is 110 Å². The van der Waals surface area contributed by atoms with Gasteiger partial charge in [-0.15, -0.1) is 0 Å². The van der Waals surface area contributed by atoms with Gasteiger partial charge in [0.2, 0.25) is 0 Å². The first-order valence-corrected chi connectivity index (χ1v) is 7.44. The molecule has 0 aromatic heterocycles. The zero-order valence-corrected chi connectivity index (χ0v) is 11.2. The van der Waals surface area contributed by atoms with Crippen LogP contribution in [0.3, 0.4) is 0 Å². The van der Waals surface area contributed by atoms with Gasteiger partial charge in [-0.2, -0.15) is 0 Å². The van der Waals surface area contributed by atoms with E-state index in [1.807, 2.05) is 0 Å². The average molecular weight is 244 g/mol. The molecule has 1 unspecified atom stereocenters. The fourth-order valence-corrected chi connectivity index (χ4v) is 3.29. The van der Waals surface area contributed by atoms with E-state index in [2.05, 4.69) is 34.5 Å². The topological polar surface area (TPSA) is 15.3 Å². The van der Waals surface area contributed by atoms with Crippen molar-refractivity contribution in [1.82, 2.24) is 10.2 Å². The summed E-state index contributed by atoms with van der Waals surface area (Å²) < 4.78 is 0. The molecule has 0 aliphatic carbocycles. The molecule has 18 heavy (non-hydrogen) atoms. The van der Waals surface area contributed by atoms with Crippen LogP contribution in [0.4, 0.5) is 0 Å². The van der Waals surface area contributed by atoms with Gasteiger partial charge >= 0.3 is 0 Å². The fraction of sp³-hybridized carbons (Fsp3) is 0.625. The van der Waals surface area contributed by atoms with Gasteiger partial charge in [0.05, 0.1) is 0 Å². The van der Waals surface area contributed by atoms with Gasteiger partial charge in [-0.1, -0.05) is 30.7 Å². The lowest BCUT2D eigenvalue weighted by Crippen LogP contribution is -2.34. The van der Waals surface area contributed by atoms with E-state index in [9.17, 15) is 0 Å². The van der Waals surface area contributed by atoms with E-state index in [0.29, 0.717) is 0 Å². The summed E-state index contributed by atoms with van der Waals surface area (Å²) in [5.74, 6) is 0. The highest BCUT2D eigenvalue weighted by molar-refractivity contribution is 5.30. The highest BCUT2D eigenvalue weighted by Crippen LogP contribution is 2.22. The second-order valence-electron chi connectivity index (χ2n) is 5.77. The Balaban J connectivity index is 1.40. The molecule has 2 heteroatoms. The van der Waals surface area contributed by atoms with E-state index in [-0.39, 0.29) is 0 Å².